The van der Waals surface area contributed by atoms with Gasteiger partial charge in [0.2, 0.25) is 5.89 Å². The number of nitrogens with one attached hydrogen (secondary N) is 1. The van der Waals surface area contributed by atoms with E-state index >= 15 is 0 Å². The first kappa shape index (κ1) is 15.3. The molecule has 7 heteroatoms. The monoisotopic (exact) mass is 314 g/mol. The molecule has 122 valence electrons. The molecule has 1 aliphatic rings. The van der Waals surface area contributed by atoms with Gasteiger partial charge in [0, 0.05) is 38.9 Å². The molecular weight excluding hydrogens is 292 g/mol. The zero-order chi connectivity index (χ0) is 16.1. The summed E-state index contributed by atoms with van der Waals surface area (Å²) in [6, 6.07) is 10.5. The zero-order valence-corrected chi connectivity index (χ0v) is 13.6. The predicted molar refractivity (Wildman–Crippen MR) is 89.5 cm³/mol. The standard InChI is InChI=1S/C16H22N6O/c1-13-19-15(23-20-13)12-18-16(17-2)22-10-8-21(9-11-22)14-6-4-3-5-7-14/h3-7H,8-12H2,1-2H3,(H,17,18). The van der Waals surface area contributed by atoms with Gasteiger partial charge in [-0.3, -0.25) is 4.99 Å². The van der Waals surface area contributed by atoms with Crippen LogP contribution in [0.2, 0.25) is 0 Å². The van der Waals surface area contributed by atoms with E-state index in [0.717, 1.165) is 32.1 Å². The van der Waals surface area contributed by atoms with Crippen molar-refractivity contribution in [3.63, 3.8) is 0 Å². The molecule has 0 amide bonds. The third-order valence-corrected chi connectivity index (χ3v) is 3.88. The first-order valence-electron chi connectivity index (χ1n) is 7.81. The minimum atomic E-state index is 0.492. The Morgan fingerprint density at radius 3 is 2.57 bits per heavy atom. The molecule has 0 spiro atoms. The topological polar surface area (TPSA) is 69.8 Å². The number of benzene rings is 1. The average molecular weight is 314 g/mol. The second-order valence-corrected chi connectivity index (χ2v) is 5.45. The number of anilines is 1. The Morgan fingerprint density at radius 1 is 1.22 bits per heavy atom. The van der Waals surface area contributed by atoms with Gasteiger partial charge in [0.05, 0.1) is 6.54 Å². The molecule has 3 rings (SSSR count). The van der Waals surface area contributed by atoms with E-state index in [1.807, 2.05) is 13.0 Å². The molecule has 0 radical (unpaired) electrons. The molecule has 23 heavy (non-hydrogen) atoms. The molecule has 0 unspecified atom stereocenters. The van der Waals surface area contributed by atoms with Gasteiger partial charge < -0.3 is 19.6 Å². The summed E-state index contributed by atoms with van der Waals surface area (Å²) in [5, 5.41) is 7.07. The highest BCUT2D eigenvalue weighted by atomic mass is 16.5. The van der Waals surface area contributed by atoms with Crippen LogP contribution in [0.5, 0.6) is 0 Å². The molecule has 2 aromatic rings. The maximum Gasteiger partial charge on any atom is 0.246 e. The lowest BCUT2D eigenvalue weighted by Gasteiger charge is -2.37. The van der Waals surface area contributed by atoms with Crippen molar-refractivity contribution >= 4 is 11.6 Å². The summed E-state index contributed by atoms with van der Waals surface area (Å²) in [6.45, 7) is 6.11. The van der Waals surface area contributed by atoms with Crippen LogP contribution >= 0.6 is 0 Å². The summed E-state index contributed by atoms with van der Waals surface area (Å²) < 4.78 is 5.12. The summed E-state index contributed by atoms with van der Waals surface area (Å²) in [5.41, 5.74) is 1.27. The second kappa shape index (κ2) is 7.13. The van der Waals surface area contributed by atoms with Gasteiger partial charge in [-0.05, 0) is 19.1 Å². The third-order valence-electron chi connectivity index (χ3n) is 3.88. The molecule has 1 aliphatic heterocycles. The molecule has 7 nitrogen and oxygen atoms in total. The zero-order valence-electron chi connectivity index (χ0n) is 13.6. The number of nitrogens with zero attached hydrogens (tertiary/aromatic N) is 5. The van der Waals surface area contributed by atoms with E-state index in [-0.39, 0.29) is 0 Å². The van der Waals surface area contributed by atoms with Gasteiger partial charge in [-0.1, -0.05) is 23.4 Å². The fraction of sp³-hybridized carbons (Fsp3) is 0.438. The second-order valence-electron chi connectivity index (χ2n) is 5.45. The highest BCUT2D eigenvalue weighted by Gasteiger charge is 2.20. The summed E-state index contributed by atoms with van der Waals surface area (Å²) in [5.74, 6) is 2.09. The Labute approximate surface area is 136 Å². The minimum Gasteiger partial charge on any atom is -0.368 e. The van der Waals surface area contributed by atoms with Crippen molar-refractivity contribution in [2.24, 2.45) is 4.99 Å². The molecular formula is C16H22N6O. The molecule has 1 aromatic heterocycles. The fourth-order valence-corrected chi connectivity index (χ4v) is 2.71. The van der Waals surface area contributed by atoms with Gasteiger partial charge in [0.15, 0.2) is 11.8 Å². The minimum absolute atomic E-state index is 0.492. The number of aromatic nitrogens is 2. The third kappa shape index (κ3) is 3.80. The van der Waals surface area contributed by atoms with Crippen molar-refractivity contribution in [2.75, 3.05) is 38.1 Å². The van der Waals surface area contributed by atoms with E-state index in [4.69, 9.17) is 4.52 Å². The smallest absolute Gasteiger partial charge is 0.246 e. The molecule has 0 aliphatic carbocycles. The number of rotatable bonds is 3. The molecule has 1 fully saturated rings. The van der Waals surface area contributed by atoms with Gasteiger partial charge in [-0.2, -0.15) is 4.98 Å². The first-order chi connectivity index (χ1) is 11.3. The summed E-state index contributed by atoms with van der Waals surface area (Å²) >= 11 is 0. The van der Waals surface area contributed by atoms with Crippen LogP contribution in [-0.2, 0) is 6.54 Å². The summed E-state index contributed by atoms with van der Waals surface area (Å²) in [7, 11) is 1.80. The van der Waals surface area contributed by atoms with Crippen LogP contribution in [-0.4, -0.2) is 54.2 Å². The van der Waals surface area contributed by atoms with Crippen molar-refractivity contribution in [2.45, 2.75) is 13.5 Å². The number of aliphatic imine (C=N–C) groups is 1. The van der Waals surface area contributed by atoms with E-state index in [9.17, 15) is 0 Å². The number of guanidine groups is 1. The maximum absolute atomic E-state index is 5.12. The van der Waals surface area contributed by atoms with Gasteiger partial charge >= 0.3 is 0 Å². The lowest BCUT2D eigenvalue weighted by molar-refractivity contribution is 0.354. The van der Waals surface area contributed by atoms with E-state index in [0.29, 0.717) is 18.3 Å². The van der Waals surface area contributed by atoms with Gasteiger partial charge in [0.1, 0.15) is 0 Å². The summed E-state index contributed by atoms with van der Waals surface area (Å²) in [6.07, 6.45) is 0. The van der Waals surface area contributed by atoms with Gasteiger partial charge in [-0.15, -0.1) is 0 Å². The van der Waals surface area contributed by atoms with Crippen LogP contribution in [0.25, 0.3) is 0 Å². The molecule has 1 N–H and O–H groups in total. The van der Waals surface area contributed by atoms with Crippen LogP contribution in [0.3, 0.4) is 0 Å². The highest BCUT2D eigenvalue weighted by Crippen LogP contribution is 2.15. The summed E-state index contributed by atoms with van der Waals surface area (Å²) in [4.78, 5) is 13.2. The van der Waals surface area contributed by atoms with Crippen LogP contribution < -0.4 is 10.2 Å². The molecule has 1 aromatic carbocycles. The Hall–Kier alpha value is -2.57. The first-order valence-corrected chi connectivity index (χ1v) is 7.81. The molecule has 2 heterocycles. The van der Waals surface area contributed by atoms with Crippen molar-refractivity contribution in [1.82, 2.24) is 20.4 Å². The van der Waals surface area contributed by atoms with Gasteiger partial charge in [0.25, 0.3) is 0 Å². The van der Waals surface area contributed by atoms with E-state index in [1.54, 1.807) is 7.05 Å². The van der Waals surface area contributed by atoms with Gasteiger partial charge in [-0.25, -0.2) is 0 Å². The largest absolute Gasteiger partial charge is 0.368 e. The van der Waals surface area contributed by atoms with Crippen molar-refractivity contribution in [3.8, 4) is 0 Å². The van der Waals surface area contributed by atoms with E-state index in [1.165, 1.54) is 5.69 Å². The van der Waals surface area contributed by atoms with Crippen molar-refractivity contribution in [3.05, 3.63) is 42.0 Å². The van der Waals surface area contributed by atoms with Crippen molar-refractivity contribution < 1.29 is 4.52 Å². The van der Waals surface area contributed by atoms with E-state index in [2.05, 4.69) is 54.5 Å². The maximum atomic E-state index is 5.12. The number of aryl methyl sites for hydroxylation is 1. The Morgan fingerprint density at radius 2 is 1.96 bits per heavy atom. The van der Waals surface area contributed by atoms with Crippen LogP contribution in [0, 0.1) is 6.92 Å². The predicted octanol–water partition coefficient (Wildman–Crippen LogP) is 1.28. The fourth-order valence-electron chi connectivity index (χ4n) is 2.71. The SMILES string of the molecule is CN=C(NCc1nc(C)no1)N1CCN(c2ccccc2)CC1. The Balaban J connectivity index is 1.53. The lowest BCUT2D eigenvalue weighted by atomic mass is 10.2. The van der Waals surface area contributed by atoms with Crippen molar-refractivity contribution in [1.29, 1.82) is 0 Å². The quantitative estimate of drug-likeness (QED) is 0.680. The van der Waals surface area contributed by atoms with Crippen LogP contribution in [0.15, 0.2) is 39.8 Å². The normalized spacial score (nSPS) is 15.8. The number of hydrogen-bond donors (Lipinski definition) is 1. The number of piperazine rings is 1. The molecule has 1 saturated heterocycles. The van der Waals surface area contributed by atoms with Crippen LogP contribution in [0.1, 0.15) is 11.7 Å². The Kier molecular flexibility index (Phi) is 4.75. The van der Waals surface area contributed by atoms with E-state index < -0.39 is 0 Å². The number of para-hydroxylation sites is 1. The molecule has 0 atom stereocenters. The average Bonchev–Trinajstić information content (AvgIpc) is 3.02. The molecule has 0 bridgehead atoms. The number of hydrogen-bond acceptors (Lipinski definition) is 5. The molecule has 0 saturated carbocycles. The van der Waals surface area contributed by atoms with Crippen LogP contribution in [0.4, 0.5) is 5.69 Å². The lowest BCUT2D eigenvalue weighted by Crippen LogP contribution is -2.52. The Bertz CT molecular complexity index is 646. The highest BCUT2D eigenvalue weighted by molar-refractivity contribution is 5.80.